The van der Waals surface area contributed by atoms with E-state index in [0.717, 1.165) is 24.7 Å². The number of fused-ring (bicyclic) bond motifs is 1. The standard InChI is InChI=1S/C13H8BrIN2O/c14-7-1-3-10(15)9(5-7)13-17-11-6-8(16)2-4-12(11)18-13/h1-6H,16H2. The molecule has 0 aliphatic heterocycles. The third-order valence-corrected chi connectivity index (χ3v) is 4.00. The minimum absolute atomic E-state index is 0.612. The number of anilines is 1. The number of hydrogen-bond donors (Lipinski definition) is 1. The van der Waals surface area contributed by atoms with Crippen LogP contribution >= 0.6 is 38.5 Å². The van der Waals surface area contributed by atoms with Gasteiger partial charge in [-0.05, 0) is 59.0 Å². The first-order chi connectivity index (χ1) is 8.63. The second kappa shape index (κ2) is 4.55. The predicted octanol–water partition coefficient (Wildman–Crippen LogP) is 4.44. The molecule has 0 aliphatic carbocycles. The molecule has 0 unspecified atom stereocenters. The highest BCUT2D eigenvalue weighted by Crippen LogP contribution is 2.30. The first-order valence-electron chi connectivity index (χ1n) is 5.25. The van der Waals surface area contributed by atoms with Crippen molar-refractivity contribution in [3.05, 3.63) is 44.4 Å². The van der Waals surface area contributed by atoms with Crippen molar-refractivity contribution in [3.8, 4) is 11.5 Å². The summed E-state index contributed by atoms with van der Waals surface area (Å²) in [5.41, 5.74) is 8.92. The van der Waals surface area contributed by atoms with Gasteiger partial charge in [0.05, 0.1) is 5.56 Å². The fourth-order valence-electron chi connectivity index (χ4n) is 1.72. The Morgan fingerprint density at radius 3 is 2.83 bits per heavy atom. The molecule has 5 heteroatoms. The predicted molar refractivity (Wildman–Crippen MR) is 84.3 cm³/mol. The van der Waals surface area contributed by atoms with Gasteiger partial charge in [-0.25, -0.2) is 4.98 Å². The van der Waals surface area contributed by atoms with Crippen LogP contribution in [0.5, 0.6) is 0 Å². The summed E-state index contributed by atoms with van der Waals surface area (Å²) in [4.78, 5) is 4.47. The summed E-state index contributed by atoms with van der Waals surface area (Å²) in [6.45, 7) is 0. The van der Waals surface area contributed by atoms with Crippen LogP contribution in [0, 0.1) is 3.57 Å². The summed E-state index contributed by atoms with van der Waals surface area (Å²) in [6.07, 6.45) is 0. The quantitative estimate of drug-likeness (QED) is 0.473. The highest BCUT2D eigenvalue weighted by Gasteiger charge is 2.11. The van der Waals surface area contributed by atoms with E-state index in [9.17, 15) is 0 Å². The lowest BCUT2D eigenvalue weighted by molar-refractivity contribution is 0.619. The maximum atomic E-state index is 5.75. The Kier molecular flexibility index (Phi) is 3.03. The number of nitrogens with two attached hydrogens (primary N) is 1. The van der Waals surface area contributed by atoms with Crippen molar-refractivity contribution < 1.29 is 4.42 Å². The lowest BCUT2D eigenvalue weighted by Crippen LogP contribution is -1.83. The number of halogens is 2. The molecule has 0 aliphatic rings. The normalized spacial score (nSPS) is 11.0. The Morgan fingerprint density at radius 2 is 2.00 bits per heavy atom. The Hall–Kier alpha value is -1.08. The summed E-state index contributed by atoms with van der Waals surface area (Å²) in [5, 5.41) is 0. The number of rotatable bonds is 1. The van der Waals surface area contributed by atoms with E-state index in [4.69, 9.17) is 10.2 Å². The highest BCUT2D eigenvalue weighted by atomic mass is 127. The third-order valence-electron chi connectivity index (χ3n) is 2.57. The summed E-state index contributed by atoms with van der Waals surface area (Å²) in [6, 6.07) is 11.5. The van der Waals surface area contributed by atoms with Crippen LogP contribution in [0.3, 0.4) is 0 Å². The van der Waals surface area contributed by atoms with E-state index in [1.807, 2.05) is 36.4 Å². The van der Waals surface area contributed by atoms with Crippen molar-refractivity contribution in [3.63, 3.8) is 0 Å². The van der Waals surface area contributed by atoms with Gasteiger partial charge in [0.2, 0.25) is 5.89 Å². The number of nitrogens with zero attached hydrogens (tertiary/aromatic N) is 1. The Balaban J connectivity index is 2.22. The van der Waals surface area contributed by atoms with Crippen LogP contribution in [0.1, 0.15) is 0 Å². The minimum Gasteiger partial charge on any atom is -0.436 e. The molecule has 0 spiro atoms. The second-order valence-corrected chi connectivity index (χ2v) is 5.95. The van der Waals surface area contributed by atoms with Crippen molar-refractivity contribution in [1.82, 2.24) is 4.98 Å². The van der Waals surface area contributed by atoms with Gasteiger partial charge in [0.15, 0.2) is 5.58 Å². The number of aromatic nitrogens is 1. The monoisotopic (exact) mass is 414 g/mol. The van der Waals surface area contributed by atoms with Gasteiger partial charge < -0.3 is 10.2 Å². The zero-order chi connectivity index (χ0) is 12.7. The molecule has 2 N–H and O–H groups in total. The highest BCUT2D eigenvalue weighted by molar-refractivity contribution is 14.1. The largest absolute Gasteiger partial charge is 0.436 e. The van der Waals surface area contributed by atoms with E-state index in [2.05, 4.69) is 43.5 Å². The average molecular weight is 415 g/mol. The molecule has 0 amide bonds. The smallest absolute Gasteiger partial charge is 0.228 e. The molecule has 0 radical (unpaired) electrons. The Bertz CT molecular complexity index is 739. The van der Waals surface area contributed by atoms with Crippen molar-refractivity contribution >= 4 is 55.3 Å². The third kappa shape index (κ3) is 2.12. The molecular formula is C13H8BrIN2O. The Labute approximate surface area is 126 Å². The van der Waals surface area contributed by atoms with E-state index >= 15 is 0 Å². The maximum absolute atomic E-state index is 5.75. The SMILES string of the molecule is Nc1ccc2oc(-c3cc(Br)ccc3I)nc2c1. The van der Waals surface area contributed by atoms with Crippen molar-refractivity contribution in [2.24, 2.45) is 0 Å². The van der Waals surface area contributed by atoms with E-state index in [-0.39, 0.29) is 0 Å². The zero-order valence-electron chi connectivity index (χ0n) is 9.15. The summed E-state index contributed by atoms with van der Waals surface area (Å²) < 4.78 is 7.85. The molecule has 2 aromatic carbocycles. The molecular weight excluding hydrogens is 407 g/mol. The van der Waals surface area contributed by atoms with E-state index < -0.39 is 0 Å². The molecule has 0 saturated heterocycles. The van der Waals surface area contributed by atoms with Crippen molar-refractivity contribution in [2.75, 3.05) is 5.73 Å². The molecule has 1 heterocycles. The second-order valence-electron chi connectivity index (χ2n) is 3.87. The summed E-state index contributed by atoms with van der Waals surface area (Å²) >= 11 is 5.72. The van der Waals surface area contributed by atoms with E-state index in [1.54, 1.807) is 0 Å². The van der Waals surface area contributed by atoms with Gasteiger partial charge in [-0.15, -0.1) is 0 Å². The molecule has 18 heavy (non-hydrogen) atoms. The first-order valence-corrected chi connectivity index (χ1v) is 7.12. The number of oxazole rings is 1. The number of nitrogen functional groups attached to an aromatic ring is 1. The lowest BCUT2D eigenvalue weighted by Gasteiger charge is -1.99. The first kappa shape index (κ1) is 12.0. The maximum Gasteiger partial charge on any atom is 0.228 e. The zero-order valence-corrected chi connectivity index (χ0v) is 12.9. The van der Waals surface area contributed by atoms with E-state index in [0.29, 0.717) is 11.6 Å². The topological polar surface area (TPSA) is 52.0 Å². The summed E-state index contributed by atoms with van der Waals surface area (Å²) in [7, 11) is 0. The molecule has 1 aromatic heterocycles. The van der Waals surface area contributed by atoms with Crippen LogP contribution in [0.15, 0.2) is 45.3 Å². The van der Waals surface area contributed by atoms with Gasteiger partial charge in [0.1, 0.15) is 5.52 Å². The average Bonchev–Trinajstić information content (AvgIpc) is 2.74. The van der Waals surface area contributed by atoms with Gasteiger partial charge >= 0.3 is 0 Å². The van der Waals surface area contributed by atoms with Gasteiger partial charge in [-0.2, -0.15) is 0 Å². The summed E-state index contributed by atoms with van der Waals surface area (Å²) in [5.74, 6) is 0.612. The van der Waals surface area contributed by atoms with Gasteiger partial charge in [-0.3, -0.25) is 0 Å². The van der Waals surface area contributed by atoms with Crippen LogP contribution in [-0.2, 0) is 0 Å². The number of hydrogen-bond acceptors (Lipinski definition) is 3. The van der Waals surface area contributed by atoms with Crippen LogP contribution in [-0.4, -0.2) is 4.98 Å². The van der Waals surface area contributed by atoms with Gasteiger partial charge in [0, 0.05) is 13.7 Å². The minimum atomic E-state index is 0.612. The van der Waals surface area contributed by atoms with Crippen LogP contribution in [0.4, 0.5) is 5.69 Å². The molecule has 0 fully saturated rings. The van der Waals surface area contributed by atoms with Crippen LogP contribution in [0.2, 0.25) is 0 Å². The fraction of sp³-hybridized carbons (Fsp3) is 0. The van der Waals surface area contributed by atoms with E-state index in [1.165, 1.54) is 0 Å². The van der Waals surface area contributed by atoms with Crippen molar-refractivity contribution in [2.45, 2.75) is 0 Å². The molecule has 0 saturated carbocycles. The fourth-order valence-corrected chi connectivity index (χ4v) is 2.65. The Morgan fingerprint density at radius 1 is 1.17 bits per heavy atom. The van der Waals surface area contributed by atoms with Gasteiger partial charge in [0.25, 0.3) is 0 Å². The lowest BCUT2D eigenvalue weighted by atomic mass is 10.2. The molecule has 0 atom stereocenters. The number of benzene rings is 2. The molecule has 3 rings (SSSR count). The molecule has 90 valence electrons. The molecule has 3 aromatic rings. The molecule has 0 bridgehead atoms. The van der Waals surface area contributed by atoms with Gasteiger partial charge in [-0.1, -0.05) is 15.9 Å². The molecule has 3 nitrogen and oxygen atoms in total. The van der Waals surface area contributed by atoms with Crippen LogP contribution in [0.25, 0.3) is 22.6 Å². The van der Waals surface area contributed by atoms with Crippen molar-refractivity contribution in [1.29, 1.82) is 0 Å². The van der Waals surface area contributed by atoms with Crippen LogP contribution < -0.4 is 5.73 Å².